The molecule has 204 valence electrons. The maximum Gasteiger partial charge on any atom is 0.251 e. The third-order valence-electron chi connectivity index (χ3n) is 8.50. The van der Waals surface area contributed by atoms with Gasteiger partial charge in [0.05, 0.1) is 39.9 Å². The highest BCUT2D eigenvalue weighted by molar-refractivity contribution is 8.02. The largest absolute Gasteiger partial charge is 0.394 e. The second kappa shape index (κ2) is 9.72. The fourth-order valence-electron chi connectivity index (χ4n) is 6.96. The SMILES string of the molecule is Cc1cccc(Cl)c1N1CC=C[C@]23S[C@]4(C)C=CCN(C)C(=O)[C@@H]4[C@H]2C(=O)N([C@@H](CO)CC(C)C)C3C1=O. The molecule has 1 aromatic carbocycles. The summed E-state index contributed by atoms with van der Waals surface area (Å²) in [6, 6.07) is 4.10. The molecule has 2 fully saturated rings. The van der Waals surface area contributed by atoms with Gasteiger partial charge < -0.3 is 19.8 Å². The van der Waals surface area contributed by atoms with Crippen molar-refractivity contribution >= 4 is 46.8 Å². The van der Waals surface area contributed by atoms with Crippen LogP contribution in [0.2, 0.25) is 5.02 Å². The van der Waals surface area contributed by atoms with E-state index >= 15 is 0 Å². The van der Waals surface area contributed by atoms with Crippen molar-refractivity contribution in [2.75, 3.05) is 31.6 Å². The molecule has 6 atom stereocenters. The van der Waals surface area contributed by atoms with Crippen LogP contribution >= 0.6 is 23.4 Å². The zero-order valence-corrected chi connectivity index (χ0v) is 24.1. The molecule has 38 heavy (non-hydrogen) atoms. The summed E-state index contributed by atoms with van der Waals surface area (Å²) in [4.78, 5) is 47.9. The number of likely N-dealkylation sites (tertiary alicyclic amines) is 1. The monoisotopic (exact) mass is 557 g/mol. The van der Waals surface area contributed by atoms with Gasteiger partial charge in [-0.15, -0.1) is 11.8 Å². The molecule has 0 bridgehead atoms. The Bertz CT molecular complexity index is 1210. The van der Waals surface area contributed by atoms with Gasteiger partial charge in [0.1, 0.15) is 6.04 Å². The summed E-state index contributed by atoms with van der Waals surface area (Å²) in [6.45, 7) is 8.52. The summed E-state index contributed by atoms with van der Waals surface area (Å²) < 4.78 is -1.61. The van der Waals surface area contributed by atoms with E-state index in [1.165, 1.54) is 0 Å². The minimum absolute atomic E-state index is 0.0888. The van der Waals surface area contributed by atoms with Gasteiger partial charge in [-0.2, -0.15) is 0 Å². The number of thioether (sulfide) groups is 1. The summed E-state index contributed by atoms with van der Waals surface area (Å²) >= 11 is 8.18. The number of aliphatic hydroxyl groups is 1. The van der Waals surface area contributed by atoms with Crippen molar-refractivity contribution in [3.05, 3.63) is 53.1 Å². The Labute approximate surface area is 233 Å². The van der Waals surface area contributed by atoms with E-state index in [1.807, 2.05) is 64.1 Å². The van der Waals surface area contributed by atoms with E-state index in [9.17, 15) is 19.5 Å². The normalized spacial score (nSPS) is 33.4. The molecule has 4 aliphatic heterocycles. The lowest BCUT2D eigenvalue weighted by atomic mass is 9.74. The topological polar surface area (TPSA) is 81.2 Å². The molecule has 5 rings (SSSR count). The van der Waals surface area contributed by atoms with Gasteiger partial charge in [-0.05, 0) is 37.8 Å². The molecule has 3 amide bonds. The highest BCUT2D eigenvalue weighted by Crippen LogP contribution is 2.66. The molecule has 1 aromatic rings. The Morgan fingerprint density at radius 2 is 1.79 bits per heavy atom. The first-order valence-corrected chi connectivity index (χ1v) is 14.5. The van der Waals surface area contributed by atoms with E-state index in [1.54, 1.807) is 39.6 Å². The molecular weight excluding hydrogens is 522 g/mol. The third kappa shape index (κ3) is 3.94. The van der Waals surface area contributed by atoms with E-state index < -0.39 is 33.4 Å². The first kappa shape index (κ1) is 27.3. The lowest BCUT2D eigenvalue weighted by molar-refractivity contribution is -0.145. The van der Waals surface area contributed by atoms with Gasteiger partial charge in [-0.25, -0.2) is 0 Å². The number of aliphatic hydroxyl groups excluding tert-OH is 1. The Morgan fingerprint density at radius 1 is 1.08 bits per heavy atom. The van der Waals surface area contributed by atoms with Crippen LogP contribution in [-0.2, 0) is 14.4 Å². The molecular formula is C29H36ClN3O4S. The molecule has 1 N–H and O–H groups in total. The Balaban J connectivity index is 1.71. The summed E-state index contributed by atoms with van der Waals surface area (Å²) in [7, 11) is 1.76. The predicted octanol–water partition coefficient (Wildman–Crippen LogP) is 3.67. The molecule has 0 radical (unpaired) electrons. The van der Waals surface area contributed by atoms with Crippen molar-refractivity contribution in [1.29, 1.82) is 0 Å². The van der Waals surface area contributed by atoms with Crippen LogP contribution in [0.3, 0.4) is 0 Å². The zero-order valence-electron chi connectivity index (χ0n) is 22.6. The van der Waals surface area contributed by atoms with E-state index in [0.29, 0.717) is 30.2 Å². The van der Waals surface area contributed by atoms with Crippen LogP contribution in [0.25, 0.3) is 0 Å². The van der Waals surface area contributed by atoms with Gasteiger partial charge >= 0.3 is 0 Å². The number of fused-ring (bicyclic) bond motifs is 2. The minimum Gasteiger partial charge on any atom is -0.394 e. The number of benzene rings is 1. The van der Waals surface area contributed by atoms with E-state index in [0.717, 1.165) is 5.56 Å². The molecule has 1 unspecified atom stereocenters. The molecule has 7 nitrogen and oxygen atoms in total. The standard InChI is InChI=1S/C29H36ClN3O4S/c1-17(2)15-19(16-34)33-24-27(37)32(23-18(3)9-6-10-20(23)30)14-8-12-29(24)22(26(33)36)21-25(35)31(5)13-7-11-28(21,4)38-29/h6-12,17,19,21-22,24,34H,13-16H2,1-5H3/t19-,21+,22+,24?,28-,29+/m1/s1. The molecule has 0 aromatic heterocycles. The van der Waals surface area contributed by atoms with Crippen LogP contribution in [0.15, 0.2) is 42.5 Å². The molecule has 1 spiro atoms. The molecule has 9 heteroatoms. The second-order valence-corrected chi connectivity index (χ2v) is 13.8. The first-order valence-electron chi connectivity index (χ1n) is 13.3. The number of likely N-dealkylation sites (N-methyl/N-ethyl adjacent to an activating group) is 1. The summed E-state index contributed by atoms with van der Waals surface area (Å²) in [5.74, 6) is -1.71. The number of hydrogen-bond acceptors (Lipinski definition) is 5. The average molecular weight is 558 g/mol. The maximum atomic E-state index is 14.7. The average Bonchev–Trinajstić information content (AvgIpc) is 3.13. The van der Waals surface area contributed by atoms with Crippen LogP contribution in [0.1, 0.15) is 32.8 Å². The van der Waals surface area contributed by atoms with Crippen molar-refractivity contribution in [1.82, 2.24) is 9.80 Å². The van der Waals surface area contributed by atoms with Crippen molar-refractivity contribution < 1.29 is 19.5 Å². The molecule has 4 aliphatic rings. The zero-order chi connectivity index (χ0) is 27.6. The highest BCUT2D eigenvalue weighted by atomic mass is 35.5. The number of aryl methyl sites for hydroxylation is 1. The van der Waals surface area contributed by atoms with Gasteiger partial charge in [-0.1, -0.05) is 61.9 Å². The number of carbonyl (C=O) groups is 3. The Morgan fingerprint density at radius 3 is 2.45 bits per heavy atom. The number of nitrogens with zero attached hydrogens (tertiary/aromatic N) is 3. The first-order chi connectivity index (χ1) is 18.0. The predicted molar refractivity (Wildman–Crippen MR) is 151 cm³/mol. The van der Waals surface area contributed by atoms with Gasteiger partial charge in [0.25, 0.3) is 5.91 Å². The molecule has 0 saturated carbocycles. The number of hydrogen-bond donors (Lipinski definition) is 1. The van der Waals surface area contributed by atoms with Crippen LogP contribution in [-0.4, -0.2) is 80.9 Å². The third-order valence-corrected chi connectivity index (χ3v) is 10.6. The summed E-state index contributed by atoms with van der Waals surface area (Å²) in [5, 5.41) is 11.0. The number of carbonyl (C=O) groups excluding carboxylic acids is 3. The van der Waals surface area contributed by atoms with Gasteiger partial charge in [0.2, 0.25) is 11.8 Å². The van der Waals surface area contributed by atoms with Gasteiger partial charge in [0.15, 0.2) is 0 Å². The van der Waals surface area contributed by atoms with Gasteiger partial charge in [0, 0.05) is 24.9 Å². The van der Waals surface area contributed by atoms with Crippen LogP contribution in [0.5, 0.6) is 0 Å². The van der Waals surface area contributed by atoms with Crippen LogP contribution in [0, 0.1) is 24.7 Å². The maximum absolute atomic E-state index is 14.7. The quantitative estimate of drug-likeness (QED) is 0.559. The van der Waals surface area contributed by atoms with E-state index in [-0.39, 0.29) is 30.2 Å². The fraction of sp³-hybridized carbons (Fsp3) is 0.552. The molecule has 4 heterocycles. The molecule has 0 aliphatic carbocycles. The minimum atomic E-state index is -0.958. The van der Waals surface area contributed by atoms with Crippen molar-refractivity contribution in [2.24, 2.45) is 17.8 Å². The number of rotatable bonds is 5. The van der Waals surface area contributed by atoms with E-state index in [2.05, 4.69) is 0 Å². The number of amides is 3. The fourth-order valence-corrected chi connectivity index (χ4v) is 9.43. The highest BCUT2D eigenvalue weighted by Gasteiger charge is 2.74. The van der Waals surface area contributed by atoms with Gasteiger partial charge in [-0.3, -0.25) is 14.4 Å². The number of para-hydroxylation sites is 1. The Hall–Kier alpha value is -2.29. The number of halogens is 1. The molecule has 2 saturated heterocycles. The smallest absolute Gasteiger partial charge is 0.251 e. The Kier molecular flexibility index (Phi) is 6.98. The van der Waals surface area contributed by atoms with Crippen LogP contribution in [0.4, 0.5) is 5.69 Å². The van der Waals surface area contributed by atoms with E-state index in [4.69, 9.17) is 11.6 Å². The van der Waals surface area contributed by atoms with Crippen LogP contribution < -0.4 is 4.90 Å². The summed E-state index contributed by atoms with van der Waals surface area (Å²) in [5.41, 5.74) is 1.49. The van der Waals surface area contributed by atoms with Crippen molar-refractivity contribution in [2.45, 2.75) is 55.7 Å². The lowest BCUT2D eigenvalue weighted by Crippen LogP contribution is -2.57. The lowest BCUT2D eigenvalue weighted by Gasteiger charge is -2.40. The summed E-state index contributed by atoms with van der Waals surface area (Å²) in [6.07, 6.45) is 8.52. The van der Waals surface area contributed by atoms with Crippen molar-refractivity contribution in [3.8, 4) is 0 Å². The second-order valence-electron chi connectivity index (χ2n) is 11.6. The van der Waals surface area contributed by atoms with Crippen molar-refractivity contribution in [3.63, 3.8) is 0 Å². The number of anilines is 1.